The minimum absolute atomic E-state index is 0.0995. The van der Waals surface area contributed by atoms with Gasteiger partial charge >= 0.3 is 6.09 Å². The maximum Gasteiger partial charge on any atom is 0.407 e. The number of nitrogens with one attached hydrogen (secondary N) is 1. The molecule has 0 aromatic carbocycles. The molecule has 0 heterocycles. The molecule has 0 aromatic heterocycles. The molecule has 0 saturated heterocycles. The number of ether oxygens (including phenoxy) is 1. The number of amides is 1. The van der Waals surface area contributed by atoms with Crippen LogP contribution in [-0.2, 0) is 4.74 Å². The van der Waals surface area contributed by atoms with Crippen LogP contribution in [0.1, 0.15) is 53.9 Å². The third-order valence-electron chi connectivity index (χ3n) is 2.56. The van der Waals surface area contributed by atoms with Gasteiger partial charge in [-0.2, -0.15) is 0 Å². The van der Waals surface area contributed by atoms with Crippen molar-refractivity contribution in [3.63, 3.8) is 0 Å². The van der Waals surface area contributed by atoms with Crippen LogP contribution in [0, 0.1) is 5.92 Å². The summed E-state index contributed by atoms with van der Waals surface area (Å²) in [5.74, 6) is 0.0995. The highest BCUT2D eigenvalue weighted by atomic mass is 16.6. The molecular weight excluding hydrogens is 218 g/mol. The van der Waals surface area contributed by atoms with Gasteiger partial charge in [-0.25, -0.2) is 4.79 Å². The van der Waals surface area contributed by atoms with Crippen LogP contribution in [0.15, 0.2) is 0 Å². The third-order valence-corrected chi connectivity index (χ3v) is 2.56. The number of carbonyl (C=O) groups excluding carboxylic acids is 1. The van der Waals surface area contributed by atoms with Gasteiger partial charge in [0.1, 0.15) is 5.60 Å². The van der Waals surface area contributed by atoms with Crippen LogP contribution in [0.3, 0.4) is 0 Å². The lowest BCUT2D eigenvalue weighted by Crippen LogP contribution is -2.38. The van der Waals surface area contributed by atoms with Gasteiger partial charge in [-0.15, -0.1) is 0 Å². The van der Waals surface area contributed by atoms with Crippen molar-refractivity contribution >= 4 is 6.09 Å². The van der Waals surface area contributed by atoms with Crippen LogP contribution in [0.2, 0.25) is 0 Å². The van der Waals surface area contributed by atoms with Crippen LogP contribution < -0.4 is 5.32 Å². The Bertz CT molecular complexity index is 223. The average molecular weight is 245 g/mol. The van der Waals surface area contributed by atoms with Crippen LogP contribution in [-0.4, -0.2) is 29.4 Å². The fourth-order valence-corrected chi connectivity index (χ4v) is 1.61. The largest absolute Gasteiger partial charge is 0.444 e. The second-order valence-corrected chi connectivity index (χ2v) is 5.41. The van der Waals surface area contributed by atoms with Gasteiger partial charge in [0.15, 0.2) is 0 Å². The van der Waals surface area contributed by atoms with E-state index in [2.05, 4.69) is 5.32 Å². The standard InChI is InChI=1S/C13H27NO3/c1-6-8-11(15)10(7-2)9-14-12(16)17-13(3,4)5/h10-11,15H,6-9H2,1-5H3,(H,14,16)/t10-,11?/m0/s1. The van der Waals surface area contributed by atoms with Crippen LogP contribution in [0.4, 0.5) is 4.79 Å². The summed E-state index contributed by atoms with van der Waals surface area (Å²) in [5, 5.41) is 12.6. The number of rotatable bonds is 6. The van der Waals surface area contributed by atoms with Crippen LogP contribution in [0.25, 0.3) is 0 Å². The number of alkyl carbamates (subject to hydrolysis) is 1. The summed E-state index contributed by atoms with van der Waals surface area (Å²) in [7, 11) is 0. The van der Waals surface area contributed by atoms with E-state index >= 15 is 0 Å². The van der Waals surface area contributed by atoms with Gasteiger partial charge in [-0.1, -0.05) is 20.3 Å². The van der Waals surface area contributed by atoms with Gasteiger partial charge in [0.2, 0.25) is 0 Å². The lowest BCUT2D eigenvalue weighted by molar-refractivity contribution is 0.0476. The van der Waals surface area contributed by atoms with Crippen LogP contribution >= 0.6 is 0 Å². The molecule has 0 aliphatic rings. The van der Waals surface area contributed by atoms with E-state index in [4.69, 9.17) is 4.74 Å². The van der Waals surface area contributed by atoms with Crippen molar-refractivity contribution in [1.82, 2.24) is 5.32 Å². The summed E-state index contributed by atoms with van der Waals surface area (Å²) in [6.45, 7) is 10.0. The van der Waals surface area contributed by atoms with Crippen molar-refractivity contribution in [2.45, 2.75) is 65.6 Å². The fraction of sp³-hybridized carbons (Fsp3) is 0.923. The first-order valence-corrected chi connectivity index (χ1v) is 6.45. The summed E-state index contributed by atoms with van der Waals surface area (Å²) < 4.78 is 5.14. The monoisotopic (exact) mass is 245 g/mol. The lowest BCUT2D eigenvalue weighted by Gasteiger charge is -2.24. The van der Waals surface area contributed by atoms with Gasteiger partial charge in [0, 0.05) is 12.5 Å². The van der Waals surface area contributed by atoms with E-state index in [1.165, 1.54) is 0 Å². The van der Waals surface area contributed by atoms with Gasteiger partial charge in [-0.05, 0) is 33.6 Å². The zero-order valence-electron chi connectivity index (χ0n) is 11.7. The molecule has 2 atom stereocenters. The summed E-state index contributed by atoms with van der Waals surface area (Å²) >= 11 is 0. The Morgan fingerprint density at radius 2 is 1.94 bits per heavy atom. The van der Waals surface area contributed by atoms with Crippen molar-refractivity contribution in [2.75, 3.05) is 6.54 Å². The summed E-state index contributed by atoms with van der Waals surface area (Å²) in [6, 6.07) is 0. The van der Waals surface area contributed by atoms with Crippen molar-refractivity contribution in [2.24, 2.45) is 5.92 Å². The number of carbonyl (C=O) groups is 1. The molecule has 4 nitrogen and oxygen atoms in total. The Labute approximate surface area is 105 Å². The van der Waals surface area contributed by atoms with E-state index in [0.29, 0.717) is 6.54 Å². The Morgan fingerprint density at radius 1 is 1.35 bits per heavy atom. The highest BCUT2D eigenvalue weighted by Crippen LogP contribution is 2.13. The molecule has 0 aromatic rings. The molecule has 2 N–H and O–H groups in total. The molecule has 0 fully saturated rings. The van der Waals surface area contributed by atoms with Gasteiger partial charge in [0.05, 0.1) is 6.10 Å². The maximum absolute atomic E-state index is 11.4. The van der Waals surface area contributed by atoms with E-state index in [0.717, 1.165) is 19.3 Å². The SMILES string of the molecule is CCCC(O)[C@@H](CC)CNC(=O)OC(C)(C)C. The molecule has 1 amide bonds. The Balaban J connectivity index is 4.02. The number of aliphatic hydroxyl groups is 1. The molecule has 0 bridgehead atoms. The first-order chi connectivity index (χ1) is 7.80. The summed E-state index contributed by atoms with van der Waals surface area (Å²) in [4.78, 5) is 11.4. The molecular formula is C13H27NO3. The molecule has 0 aliphatic heterocycles. The van der Waals surface area contributed by atoms with Crippen LogP contribution in [0.5, 0.6) is 0 Å². The van der Waals surface area contributed by atoms with Crippen molar-refractivity contribution in [1.29, 1.82) is 0 Å². The minimum Gasteiger partial charge on any atom is -0.444 e. The summed E-state index contributed by atoms with van der Waals surface area (Å²) in [6.07, 6.45) is 1.80. The summed E-state index contributed by atoms with van der Waals surface area (Å²) in [5.41, 5.74) is -0.478. The van der Waals surface area contributed by atoms with E-state index in [1.807, 2.05) is 34.6 Å². The number of aliphatic hydroxyl groups excluding tert-OH is 1. The predicted octanol–water partition coefficient (Wildman–Crippen LogP) is 2.70. The Morgan fingerprint density at radius 3 is 2.35 bits per heavy atom. The van der Waals surface area contributed by atoms with Gasteiger partial charge in [-0.3, -0.25) is 0 Å². The zero-order valence-corrected chi connectivity index (χ0v) is 11.7. The third kappa shape index (κ3) is 8.02. The van der Waals surface area contributed by atoms with E-state index in [-0.39, 0.29) is 12.0 Å². The van der Waals surface area contributed by atoms with Crippen molar-refractivity contribution in [3.05, 3.63) is 0 Å². The minimum atomic E-state index is -0.478. The smallest absolute Gasteiger partial charge is 0.407 e. The van der Waals surface area contributed by atoms with Gasteiger partial charge in [0.25, 0.3) is 0 Å². The topological polar surface area (TPSA) is 58.6 Å². The quantitative estimate of drug-likeness (QED) is 0.756. The first-order valence-electron chi connectivity index (χ1n) is 6.45. The molecule has 4 heteroatoms. The molecule has 0 rings (SSSR count). The highest BCUT2D eigenvalue weighted by Gasteiger charge is 2.20. The molecule has 0 aliphatic carbocycles. The van der Waals surface area contributed by atoms with E-state index in [1.54, 1.807) is 0 Å². The molecule has 0 saturated carbocycles. The Kier molecular flexibility index (Phi) is 7.19. The molecule has 17 heavy (non-hydrogen) atoms. The van der Waals surface area contributed by atoms with Crippen molar-refractivity contribution in [3.8, 4) is 0 Å². The second-order valence-electron chi connectivity index (χ2n) is 5.41. The average Bonchev–Trinajstić information content (AvgIpc) is 2.16. The van der Waals surface area contributed by atoms with Gasteiger partial charge < -0.3 is 15.2 Å². The molecule has 102 valence electrons. The zero-order chi connectivity index (χ0) is 13.5. The van der Waals surface area contributed by atoms with E-state index < -0.39 is 11.7 Å². The van der Waals surface area contributed by atoms with E-state index in [9.17, 15) is 9.90 Å². The molecule has 1 unspecified atom stereocenters. The number of hydrogen-bond acceptors (Lipinski definition) is 3. The Hall–Kier alpha value is -0.770. The lowest BCUT2D eigenvalue weighted by atomic mass is 9.96. The van der Waals surface area contributed by atoms with Crippen molar-refractivity contribution < 1.29 is 14.6 Å². The maximum atomic E-state index is 11.4. The second kappa shape index (κ2) is 7.54. The highest BCUT2D eigenvalue weighted by molar-refractivity contribution is 5.67. The molecule has 0 radical (unpaired) electrons. The normalized spacial score (nSPS) is 15.2. The first kappa shape index (κ1) is 16.2. The predicted molar refractivity (Wildman–Crippen MR) is 68.9 cm³/mol. The fourth-order valence-electron chi connectivity index (χ4n) is 1.61. The number of hydrogen-bond donors (Lipinski definition) is 2. The molecule has 0 spiro atoms.